The molecule has 0 fully saturated rings. The van der Waals surface area contributed by atoms with Crippen LogP contribution in [0.4, 0.5) is 5.69 Å². The largest absolute Gasteiger partial charge is 0.478 e. The zero-order chi connectivity index (χ0) is 13.8. The summed E-state index contributed by atoms with van der Waals surface area (Å²) < 4.78 is 0.535. The molecule has 1 aromatic rings. The Bertz CT molecular complexity index is 425. The van der Waals surface area contributed by atoms with Gasteiger partial charge in [-0.2, -0.15) is 0 Å². The molecule has 0 atom stereocenters. The van der Waals surface area contributed by atoms with Crippen molar-refractivity contribution in [2.75, 3.05) is 25.1 Å². The van der Waals surface area contributed by atoms with E-state index in [4.69, 9.17) is 5.11 Å². The zero-order valence-corrected chi connectivity index (χ0v) is 11.0. The number of halogens is 1. The predicted molar refractivity (Wildman–Crippen MR) is 68.7 cm³/mol. The quantitative estimate of drug-likeness (QED) is 0.515. The SMILES string of the molecule is O=C(O)c1cc(Br)cc(NC(CO)(CO)CO)c1. The second kappa shape index (κ2) is 6.14. The van der Waals surface area contributed by atoms with Crippen LogP contribution in [0.15, 0.2) is 22.7 Å². The number of hydrogen-bond acceptors (Lipinski definition) is 5. The Balaban J connectivity index is 3.06. The van der Waals surface area contributed by atoms with Crippen molar-refractivity contribution in [1.82, 2.24) is 0 Å². The van der Waals surface area contributed by atoms with Crippen LogP contribution >= 0.6 is 15.9 Å². The van der Waals surface area contributed by atoms with Crippen LogP contribution in [0.25, 0.3) is 0 Å². The molecule has 0 amide bonds. The minimum absolute atomic E-state index is 0.0506. The van der Waals surface area contributed by atoms with E-state index in [1.54, 1.807) is 6.07 Å². The number of carbonyl (C=O) groups is 1. The average molecular weight is 320 g/mol. The summed E-state index contributed by atoms with van der Waals surface area (Å²) in [5.74, 6) is -1.10. The Hall–Kier alpha value is -1.15. The molecule has 0 bridgehead atoms. The Labute approximate surface area is 112 Å². The average Bonchev–Trinajstić information content (AvgIpc) is 2.35. The summed E-state index contributed by atoms with van der Waals surface area (Å²) >= 11 is 3.16. The number of rotatable bonds is 6. The first-order valence-corrected chi connectivity index (χ1v) is 5.90. The Morgan fingerprint density at radius 1 is 1.17 bits per heavy atom. The lowest BCUT2D eigenvalue weighted by molar-refractivity contribution is 0.0697. The second-order valence-electron chi connectivity index (χ2n) is 3.91. The van der Waals surface area contributed by atoms with Crippen LogP contribution in [0.2, 0.25) is 0 Å². The van der Waals surface area contributed by atoms with Gasteiger partial charge in [-0.15, -0.1) is 0 Å². The van der Waals surface area contributed by atoms with Crippen molar-refractivity contribution in [3.8, 4) is 0 Å². The molecule has 0 radical (unpaired) electrons. The second-order valence-corrected chi connectivity index (χ2v) is 4.83. The van der Waals surface area contributed by atoms with Gasteiger partial charge in [-0.25, -0.2) is 4.79 Å². The van der Waals surface area contributed by atoms with Crippen LogP contribution in [-0.2, 0) is 0 Å². The van der Waals surface area contributed by atoms with E-state index in [1.807, 2.05) is 0 Å². The molecule has 6 nitrogen and oxygen atoms in total. The van der Waals surface area contributed by atoms with Crippen LogP contribution < -0.4 is 5.32 Å². The number of hydrogen-bond donors (Lipinski definition) is 5. The molecule has 0 saturated heterocycles. The van der Waals surface area contributed by atoms with Crippen molar-refractivity contribution in [2.45, 2.75) is 5.54 Å². The molecule has 7 heteroatoms. The highest BCUT2D eigenvalue weighted by molar-refractivity contribution is 9.10. The molecule has 0 aromatic heterocycles. The fraction of sp³-hybridized carbons (Fsp3) is 0.364. The lowest BCUT2D eigenvalue weighted by atomic mass is 10.0. The normalized spacial score (nSPS) is 11.3. The van der Waals surface area contributed by atoms with Crippen LogP contribution in [0.3, 0.4) is 0 Å². The Kier molecular flexibility index (Phi) is 5.09. The third-order valence-electron chi connectivity index (χ3n) is 2.46. The van der Waals surface area contributed by atoms with Gasteiger partial charge < -0.3 is 25.7 Å². The summed E-state index contributed by atoms with van der Waals surface area (Å²) in [6.07, 6.45) is 0. The minimum Gasteiger partial charge on any atom is -0.478 e. The summed E-state index contributed by atoms with van der Waals surface area (Å²) in [5, 5.41) is 39.2. The van der Waals surface area contributed by atoms with Gasteiger partial charge in [0.25, 0.3) is 0 Å². The summed E-state index contributed by atoms with van der Waals surface area (Å²) in [6.45, 7) is -1.47. The molecular formula is C11H14BrNO5. The molecular weight excluding hydrogens is 306 g/mol. The molecule has 0 aliphatic rings. The molecule has 0 aliphatic heterocycles. The van der Waals surface area contributed by atoms with Gasteiger partial charge in [0.2, 0.25) is 0 Å². The Morgan fingerprint density at radius 2 is 1.72 bits per heavy atom. The topological polar surface area (TPSA) is 110 Å². The van der Waals surface area contributed by atoms with Crippen molar-refractivity contribution in [3.63, 3.8) is 0 Å². The van der Waals surface area contributed by atoms with Crippen molar-refractivity contribution in [1.29, 1.82) is 0 Å². The maximum atomic E-state index is 10.9. The summed E-state index contributed by atoms with van der Waals surface area (Å²) in [6, 6.07) is 4.36. The molecule has 1 aromatic carbocycles. The number of carboxylic acid groups (broad SMARTS) is 1. The zero-order valence-electron chi connectivity index (χ0n) is 9.43. The summed E-state index contributed by atoms with van der Waals surface area (Å²) in [5.41, 5.74) is -0.871. The first-order chi connectivity index (χ1) is 8.46. The molecule has 0 aliphatic carbocycles. The molecule has 5 N–H and O–H groups in total. The van der Waals surface area contributed by atoms with Crippen molar-refractivity contribution < 1.29 is 25.2 Å². The van der Waals surface area contributed by atoms with Gasteiger partial charge in [-0.05, 0) is 18.2 Å². The first kappa shape index (κ1) is 14.9. The van der Waals surface area contributed by atoms with Crippen molar-refractivity contribution in [2.24, 2.45) is 0 Å². The molecule has 1 rings (SSSR count). The fourth-order valence-electron chi connectivity index (χ4n) is 1.36. The van der Waals surface area contributed by atoms with E-state index >= 15 is 0 Å². The van der Waals surface area contributed by atoms with E-state index in [9.17, 15) is 20.1 Å². The molecule has 0 spiro atoms. The highest BCUT2D eigenvalue weighted by atomic mass is 79.9. The van der Waals surface area contributed by atoms with Crippen molar-refractivity contribution >= 4 is 27.6 Å². The minimum atomic E-state index is -1.30. The maximum absolute atomic E-state index is 10.9. The predicted octanol–water partition coefficient (Wildman–Crippen LogP) is 0.275. The lowest BCUT2D eigenvalue weighted by Gasteiger charge is -2.30. The van der Waals surface area contributed by atoms with Crippen LogP contribution in [0.1, 0.15) is 10.4 Å². The number of nitrogens with one attached hydrogen (secondary N) is 1. The van der Waals surface area contributed by atoms with E-state index in [1.165, 1.54) is 12.1 Å². The summed E-state index contributed by atoms with van der Waals surface area (Å²) in [7, 11) is 0. The third-order valence-corrected chi connectivity index (χ3v) is 2.92. The third kappa shape index (κ3) is 3.42. The van der Waals surface area contributed by atoms with E-state index in [0.29, 0.717) is 10.2 Å². The van der Waals surface area contributed by atoms with E-state index in [0.717, 1.165) is 0 Å². The molecule has 0 saturated carbocycles. The first-order valence-electron chi connectivity index (χ1n) is 5.11. The smallest absolute Gasteiger partial charge is 0.335 e. The van der Waals surface area contributed by atoms with Gasteiger partial charge in [0.1, 0.15) is 5.54 Å². The highest BCUT2D eigenvalue weighted by Crippen LogP contribution is 2.22. The summed E-state index contributed by atoms with van der Waals surface area (Å²) in [4.78, 5) is 10.9. The van der Waals surface area contributed by atoms with E-state index < -0.39 is 31.3 Å². The standard InChI is InChI=1S/C11H14BrNO5/c12-8-1-7(10(17)18)2-9(3-8)13-11(4-14,5-15)6-16/h1-3,13-16H,4-6H2,(H,17,18). The number of aliphatic hydroxyl groups excluding tert-OH is 3. The van der Waals surface area contributed by atoms with Gasteiger partial charge in [0.05, 0.1) is 25.4 Å². The van der Waals surface area contributed by atoms with E-state index in [2.05, 4.69) is 21.2 Å². The number of aromatic carboxylic acids is 1. The number of anilines is 1. The number of aliphatic hydroxyl groups is 3. The van der Waals surface area contributed by atoms with Gasteiger partial charge in [0.15, 0.2) is 0 Å². The monoisotopic (exact) mass is 319 g/mol. The maximum Gasteiger partial charge on any atom is 0.335 e. The van der Waals surface area contributed by atoms with Crippen LogP contribution in [0.5, 0.6) is 0 Å². The molecule has 18 heavy (non-hydrogen) atoms. The molecule has 0 unspecified atom stereocenters. The van der Waals surface area contributed by atoms with Gasteiger partial charge >= 0.3 is 5.97 Å². The van der Waals surface area contributed by atoms with Gasteiger partial charge in [-0.1, -0.05) is 15.9 Å². The Morgan fingerprint density at radius 3 is 2.17 bits per heavy atom. The molecule has 100 valence electrons. The lowest BCUT2D eigenvalue weighted by Crippen LogP contribution is -2.49. The molecule has 0 heterocycles. The van der Waals surface area contributed by atoms with E-state index in [-0.39, 0.29) is 5.56 Å². The van der Waals surface area contributed by atoms with Crippen LogP contribution in [-0.4, -0.2) is 51.8 Å². The number of benzene rings is 1. The number of carboxylic acids is 1. The highest BCUT2D eigenvalue weighted by Gasteiger charge is 2.28. The van der Waals surface area contributed by atoms with Crippen LogP contribution in [0, 0.1) is 0 Å². The fourth-order valence-corrected chi connectivity index (χ4v) is 1.85. The van der Waals surface area contributed by atoms with Crippen molar-refractivity contribution in [3.05, 3.63) is 28.2 Å². The van der Waals surface area contributed by atoms with Gasteiger partial charge in [0, 0.05) is 10.2 Å². The van der Waals surface area contributed by atoms with Gasteiger partial charge in [-0.3, -0.25) is 0 Å².